The Hall–Kier alpha value is -1.10. The highest BCUT2D eigenvalue weighted by Gasteiger charge is 2.16. The van der Waals surface area contributed by atoms with Gasteiger partial charge in [0.1, 0.15) is 11.7 Å². The van der Waals surface area contributed by atoms with Crippen LogP contribution in [0.5, 0.6) is 0 Å². The summed E-state index contributed by atoms with van der Waals surface area (Å²) in [6, 6.07) is 0. The standard InChI is InChI=1S/C10H19NO4/c1-7(12)8(13)5-6-11-9(14)15-10(2,3)4/h8,13H,5-6H2,1-4H3,(H,11,14). The van der Waals surface area contributed by atoms with Crippen LogP contribution in [-0.2, 0) is 9.53 Å². The first-order chi connectivity index (χ1) is 6.72. The van der Waals surface area contributed by atoms with Crippen molar-refractivity contribution in [3.8, 4) is 0 Å². The number of ether oxygens (including phenoxy) is 1. The minimum absolute atomic E-state index is 0.203. The van der Waals surface area contributed by atoms with Crippen molar-refractivity contribution in [1.82, 2.24) is 5.32 Å². The van der Waals surface area contributed by atoms with Crippen LogP contribution in [0.4, 0.5) is 4.79 Å². The van der Waals surface area contributed by atoms with Gasteiger partial charge >= 0.3 is 6.09 Å². The second kappa shape index (κ2) is 5.70. The molecule has 0 aromatic carbocycles. The molecule has 0 saturated heterocycles. The van der Waals surface area contributed by atoms with Crippen molar-refractivity contribution in [3.63, 3.8) is 0 Å². The van der Waals surface area contributed by atoms with E-state index in [1.807, 2.05) is 0 Å². The third-order valence-electron chi connectivity index (χ3n) is 1.56. The number of hydrogen-bond donors (Lipinski definition) is 2. The van der Waals surface area contributed by atoms with E-state index in [2.05, 4.69) is 5.32 Å². The van der Waals surface area contributed by atoms with E-state index in [1.165, 1.54) is 6.92 Å². The number of carbonyl (C=O) groups is 2. The average Bonchev–Trinajstić information content (AvgIpc) is 2.00. The van der Waals surface area contributed by atoms with Gasteiger partial charge in [0.2, 0.25) is 0 Å². The Morgan fingerprint density at radius 2 is 1.93 bits per heavy atom. The van der Waals surface area contributed by atoms with Gasteiger partial charge in [0.25, 0.3) is 0 Å². The zero-order valence-corrected chi connectivity index (χ0v) is 9.66. The van der Waals surface area contributed by atoms with Crippen LogP contribution in [0.2, 0.25) is 0 Å². The fraction of sp³-hybridized carbons (Fsp3) is 0.800. The highest BCUT2D eigenvalue weighted by molar-refractivity contribution is 5.80. The molecular weight excluding hydrogens is 198 g/mol. The van der Waals surface area contributed by atoms with Crippen molar-refractivity contribution in [2.45, 2.75) is 45.8 Å². The summed E-state index contributed by atoms with van der Waals surface area (Å²) >= 11 is 0. The number of ketones is 1. The number of nitrogens with one attached hydrogen (secondary N) is 1. The zero-order chi connectivity index (χ0) is 12.1. The molecule has 15 heavy (non-hydrogen) atoms. The average molecular weight is 217 g/mol. The lowest BCUT2D eigenvalue weighted by atomic mass is 10.2. The molecule has 1 atom stereocenters. The number of alkyl carbamates (subject to hydrolysis) is 1. The van der Waals surface area contributed by atoms with Gasteiger partial charge in [0.05, 0.1) is 0 Å². The van der Waals surface area contributed by atoms with Crippen LogP contribution in [0.15, 0.2) is 0 Å². The van der Waals surface area contributed by atoms with Gasteiger partial charge in [-0.05, 0) is 34.1 Å². The molecule has 0 aromatic rings. The summed E-state index contributed by atoms with van der Waals surface area (Å²) in [6.07, 6.45) is -1.35. The second-order valence-electron chi connectivity index (χ2n) is 4.34. The number of rotatable bonds is 4. The molecule has 0 rings (SSSR count). The fourth-order valence-electron chi connectivity index (χ4n) is 0.828. The van der Waals surface area contributed by atoms with Crippen LogP contribution >= 0.6 is 0 Å². The molecule has 1 unspecified atom stereocenters. The Labute approximate surface area is 89.8 Å². The van der Waals surface area contributed by atoms with Crippen LogP contribution in [0.25, 0.3) is 0 Å². The third kappa shape index (κ3) is 7.93. The lowest BCUT2D eigenvalue weighted by molar-refractivity contribution is -0.125. The number of carbonyl (C=O) groups excluding carboxylic acids is 2. The van der Waals surface area contributed by atoms with Gasteiger partial charge in [-0.1, -0.05) is 0 Å². The molecule has 0 aliphatic heterocycles. The van der Waals surface area contributed by atoms with Gasteiger partial charge < -0.3 is 15.2 Å². The smallest absolute Gasteiger partial charge is 0.407 e. The molecule has 0 radical (unpaired) electrons. The number of aliphatic hydroxyl groups excluding tert-OH is 1. The molecule has 5 heteroatoms. The molecule has 2 N–H and O–H groups in total. The number of aliphatic hydroxyl groups is 1. The molecule has 0 bridgehead atoms. The number of Topliss-reactive ketones (excluding diaryl/α,β-unsaturated/α-hetero) is 1. The molecule has 88 valence electrons. The Kier molecular flexibility index (Phi) is 5.28. The molecule has 0 fully saturated rings. The maximum atomic E-state index is 11.1. The van der Waals surface area contributed by atoms with Gasteiger partial charge in [-0.3, -0.25) is 4.79 Å². The van der Waals surface area contributed by atoms with Crippen LogP contribution in [0.3, 0.4) is 0 Å². The lowest BCUT2D eigenvalue weighted by Gasteiger charge is -2.19. The first-order valence-electron chi connectivity index (χ1n) is 4.88. The van der Waals surface area contributed by atoms with Gasteiger partial charge in [-0.25, -0.2) is 4.79 Å². The topological polar surface area (TPSA) is 75.6 Å². The summed E-state index contributed by atoms with van der Waals surface area (Å²) in [4.78, 5) is 21.8. The first kappa shape index (κ1) is 13.9. The number of hydrogen-bond acceptors (Lipinski definition) is 4. The Bertz CT molecular complexity index is 232. The molecule has 5 nitrogen and oxygen atoms in total. The first-order valence-corrected chi connectivity index (χ1v) is 4.88. The predicted octanol–water partition coefficient (Wildman–Crippen LogP) is 0.851. The Balaban J connectivity index is 3.69. The van der Waals surface area contributed by atoms with Crippen molar-refractivity contribution in [2.24, 2.45) is 0 Å². The fourth-order valence-corrected chi connectivity index (χ4v) is 0.828. The highest BCUT2D eigenvalue weighted by atomic mass is 16.6. The molecule has 0 saturated carbocycles. The van der Waals surface area contributed by atoms with E-state index in [4.69, 9.17) is 9.84 Å². The van der Waals surface area contributed by atoms with Crippen LogP contribution in [0.1, 0.15) is 34.1 Å². The Morgan fingerprint density at radius 1 is 1.40 bits per heavy atom. The van der Waals surface area contributed by atoms with E-state index in [-0.39, 0.29) is 18.7 Å². The summed E-state index contributed by atoms with van der Waals surface area (Å²) in [5.74, 6) is -0.305. The van der Waals surface area contributed by atoms with Crippen molar-refractivity contribution in [1.29, 1.82) is 0 Å². The molecule has 0 heterocycles. The third-order valence-corrected chi connectivity index (χ3v) is 1.56. The largest absolute Gasteiger partial charge is 0.444 e. The van der Waals surface area contributed by atoms with E-state index in [1.54, 1.807) is 20.8 Å². The van der Waals surface area contributed by atoms with Crippen LogP contribution in [0, 0.1) is 0 Å². The summed E-state index contributed by atoms with van der Waals surface area (Å²) in [5, 5.41) is 11.6. The van der Waals surface area contributed by atoms with Crippen LogP contribution in [-0.4, -0.2) is 35.2 Å². The van der Waals surface area contributed by atoms with Crippen molar-refractivity contribution < 1.29 is 19.4 Å². The minimum Gasteiger partial charge on any atom is -0.444 e. The monoisotopic (exact) mass is 217 g/mol. The van der Waals surface area contributed by atoms with E-state index >= 15 is 0 Å². The lowest BCUT2D eigenvalue weighted by Crippen LogP contribution is -2.34. The van der Waals surface area contributed by atoms with Gasteiger partial charge in [-0.15, -0.1) is 0 Å². The molecule has 0 aromatic heterocycles. The summed E-state index contributed by atoms with van der Waals surface area (Å²) in [5.41, 5.74) is -0.538. The van der Waals surface area contributed by atoms with E-state index in [0.717, 1.165) is 0 Å². The predicted molar refractivity (Wildman–Crippen MR) is 55.5 cm³/mol. The summed E-state index contributed by atoms with van der Waals surface area (Å²) in [6.45, 7) is 6.80. The SMILES string of the molecule is CC(=O)C(O)CCNC(=O)OC(C)(C)C. The quantitative estimate of drug-likeness (QED) is 0.732. The zero-order valence-electron chi connectivity index (χ0n) is 9.66. The van der Waals surface area contributed by atoms with Crippen molar-refractivity contribution in [2.75, 3.05) is 6.54 Å². The summed E-state index contributed by atoms with van der Waals surface area (Å²) in [7, 11) is 0. The van der Waals surface area contributed by atoms with E-state index in [9.17, 15) is 9.59 Å². The molecule has 0 aliphatic carbocycles. The highest BCUT2D eigenvalue weighted by Crippen LogP contribution is 2.06. The molecular formula is C10H19NO4. The van der Waals surface area contributed by atoms with Crippen molar-refractivity contribution >= 4 is 11.9 Å². The van der Waals surface area contributed by atoms with Gasteiger partial charge in [-0.2, -0.15) is 0 Å². The minimum atomic E-state index is -1.01. The van der Waals surface area contributed by atoms with E-state index < -0.39 is 17.8 Å². The maximum Gasteiger partial charge on any atom is 0.407 e. The van der Waals surface area contributed by atoms with Crippen LogP contribution < -0.4 is 5.32 Å². The second-order valence-corrected chi connectivity index (χ2v) is 4.34. The molecule has 0 spiro atoms. The normalized spacial score (nSPS) is 13.1. The maximum absolute atomic E-state index is 11.1. The number of amides is 1. The van der Waals surface area contributed by atoms with Crippen molar-refractivity contribution in [3.05, 3.63) is 0 Å². The van der Waals surface area contributed by atoms with Gasteiger partial charge in [0.15, 0.2) is 5.78 Å². The van der Waals surface area contributed by atoms with E-state index in [0.29, 0.717) is 0 Å². The molecule has 1 amide bonds. The van der Waals surface area contributed by atoms with Gasteiger partial charge in [0, 0.05) is 6.54 Å². The Morgan fingerprint density at radius 3 is 2.33 bits per heavy atom. The summed E-state index contributed by atoms with van der Waals surface area (Å²) < 4.78 is 4.96. The molecule has 0 aliphatic rings.